The van der Waals surface area contributed by atoms with E-state index in [9.17, 15) is 4.79 Å². The van der Waals surface area contributed by atoms with Crippen LogP contribution in [0, 0.1) is 0 Å². The number of nitrogens with zero attached hydrogens (tertiary/aromatic N) is 4. The summed E-state index contributed by atoms with van der Waals surface area (Å²) >= 11 is 0. The lowest BCUT2D eigenvalue weighted by molar-refractivity contribution is 0.0954. The zero-order valence-electron chi connectivity index (χ0n) is 18.8. The minimum Gasteiger partial charge on any atom is -0.497 e. The molecular weight excluding hydrogens is 402 g/mol. The normalized spacial score (nSPS) is 14.9. The fourth-order valence-electron chi connectivity index (χ4n) is 4.20. The number of ether oxygens (including phenoxy) is 1. The maximum Gasteiger partial charge on any atom is 0.251 e. The number of carbonyl (C=O) groups excluding carboxylic acids is 1. The molecular formula is C25H31N5O2. The smallest absolute Gasteiger partial charge is 0.251 e. The van der Waals surface area contributed by atoms with E-state index in [1.165, 1.54) is 5.56 Å². The molecule has 0 fully saturated rings. The van der Waals surface area contributed by atoms with Crippen molar-refractivity contribution in [1.82, 2.24) is 25.0 Å². The van der Waals surface area contributed by atoms with Crippen LogP contribution >= 0.6 is 0 Å². The van der Waals surface area contributed by atoms with Gasteiger partial charge < -0.3 is 19.5 Å². The predicted octanol–water partition coefficient (Wildman–Crippen LogP) is 2.92. The third-order valence-electron chi connectivity index (χ3n) is 6.08. The van der Waals surface area contributed by atoms with Gasteiger partial charge in [-0.1, -0.05) is 37.3 Å². The first-order valence-corrected chi connectivity index (χ1v) is 11.2. The van der Waals surface area contributed by atoms with Gasteiger partial charge in [0.05, 0.1) is 7.11 Å². The minimum absolute atomic E-state index is 0.0932. The Hall–Kier alpha value is -3.19. The molecule has 0 saturated heterocycles. The van der Waals surface area contributed by atoms with Crippen LogP contribution in [0.3, 0.4) is 0 Å². The summed E-state index contributed by atoms with van der Waals surface area (Å²) in [5, 5.41) is 11.8. The molecule has 2 aromatic carbocycles. The summed E-state index contributed by atoms with van der Waals surface area (Å²) in [6.07, 6.45) is 1.56. The Morgan fingerprint density at radius 3 is 2.59 bits per heavy atom. The van der Waals surface area contributed by atoms with Gasteiger partial charge in [-0.15, -0.1) is 10.2 Å². The molecule has 0 unspecified atom stereocenters. The Bertz CT molecular complexity index is 1020. The van der Waals surface area contributed by atoms with Crippen LogP contribution in [-0.4, -0.2) is 58.9 Å². The summed E-state index contributed by atoms with van der Waals surface area (Å²) in [4.78, 5) is 14.9. The highest BCUT2D eigenvalue weighted by atomic mass is 16.5. The molecule has 1 amide bonds. The Kier molecular flexibility index (Phi) is 7.17. The molecule has 3 aromatic rings. The van der Waals surface area contributed by atoms with Gasteiger partial charge in [0.25, 0.3) is 5.91 Å². The SMILES string of the molecule is COc1ccc(C(=O)NCCc2nnc3n2CCN(C[C@@H](C)c2ccccc2)CC3)cc1. The number of benzene rings is 2. The van der Waals surface area contributed by atoms with Crippen LogP contribution in [-0.2, 0) is 19.4 Å². The summed E-state index contributed by atoms with van der Waals surface area (Å²) in [5.41, 5.74) is 2.00. The van der Waals surface area contributed by atoms with Gasteiger partial charge in [0.15, 0.2) is 0 Å². The fourth-order valence-corrected chi connectivity index (χ4v) is 4.20. The Morgan fingerprint density at radius 2 is 1.84 bits per heavy atom. The van der Waals surface area contributed by atoms with Crippen LogP contribution in [0.25, 0.3) is 0 Å². The number of amides is 1. The molecule has 1 atom stereocenters. The summed E-state index contributed by atoms with van der Waals surface area (Å²) in [6.45, 7) is 6.70. The summed E-state index contributed by atoms with van der Waals surface area (Å²) in [5.74, 6) is 3.11. The summed E-state index contributed by atoms with van der Waals surface area (Å²) in [6, 6.07) is 17.8. The zero-order valence-corrected chi connectivity index (χ0v) is 18.8. The van der Waals surface area contributed by atoms with Crippen molar-refractivity contribution in [1.29, 1.82) is 0 Å². The lowest BCUT2D eigenvalue weighted by Crippen LogP contribution is -2.31. The van der Waals surface area contributed by atoms with Gasteiger partial charge in [0, 0.05) is 51.1 Å². The van der Waals surface area contributed by atoms with Crippen molar-refractivity contribution < 1.29 is 9.53 Å². The number of hydrogen-bond donors (Lipinski definition) is 1. The molecule has 168 valence electrons. The van der Waals surface area contributed by atoms with Gasteiger partial charge in [-0.25, -0.2) is 0 Å². The van der Waals surface area contributed by atoms with E-state index >= 15 is 0 Å². The molecule has 0 radical (unpaired) electrons. The van der Waals surface area contributed by atoms with Crippen LogP contribution in [0.5, 0.6) is 5.75 Å². The highest BCUT2D eigenvalue weighted by Crippen LogP contribution is 2.18. The molecule has 7 heteroatoms. The number of fused-ring (bicyclic) bond motifs is 1. The molecule has 4 rings (SSSR count). The number of aromatic nitrogens is 3. The van der Waals surface area contributed by atoms with E-state index in [-0.39, 0.29) is 5.91 Å². The first kappa shape index (κ1) is 22.0. The summed E-state index contributed by atoms with van der Waals surface area (Å²) < 4.78 is 7.37. The Balaban J connectivity index is 1.29. The predicted molar refractivity (Wildman–Crippen MR) is 124 cm³/mol. The van der Waals surface area contributed by atoms with Crippen LogP contribution < -0.4 is 10.1 Å². The third-order valence-corrected chi connectivity index (χ3v) is 6.08. The molecule has 7 nitrogen and oxygen atoms in total. The molecule has 32 heavy (non-hydrogen) atoms. The van der Waals surface area contributed by atoms with Crippen molar-refractivity contribution in [3.8, 4) is 5.75 Å². The van der Waals surface area contributed by atoms with Gasteiger partial charge in [-0.05, 0) is 35.7 Å². The van der Waals surface area contributed by atoms with Crippen molar-refractivity contribution in [2.24, 2.45) is 0 Å². The molecule has 1 aromatic heterocycles. The molecule has 2 heterocycles. The van der Waals surface area contributed by atoms with Gasteiger partial charge in [0.2, 0.25) is 0 Å². The van der Waals surface area contributed by atoms with Crippen LogP contribution in [0.4, 0.5) is 0 Å². The quantitative estimate of drug-likeness (QED) is 0.591. The van der Waals surface area contributed by atoms with E-state index in [0.717, 1.165) is 50.0 Å². The second kappa shape index (κ2) is 10.4. The van der Waals surface area contributed by atoms with E-state index in [0.29, 0.717) is 24.4 Å². The number of nitrogens with one attached hydrogen (secondary N) is 1. The largest absolute Gasteiger partial charge is 0.497 e. The van der Waals surface area contributed by atoms with Crippen LogP contribution in [0.15, 0.2) is 54.6 Å². The van der Waals surface area contributed by atoms with E-state index in [1.54, 1.807) is 31.4 Å². The standard InChI is InChI=1S/C25H31N5O2/c1-19(20-6-4-3-5-7-20)18-29-15-13-24-28-27-23(30(24)17-16-29)12-14-26-25(31)21-8-10-22(32-2)11-9-21/h3-11,19H,12-18H2,1-2H3,(H,26,31)/t19-/m1/s1. The monoisotopic (exact) mass is 433 g/mol. The second-order valence-corrected chi connectivity index (χ2v) is 8.28. The van der Waals surface area contributed by atoms with E-state index < -0.39 is 0 Å². The lowest BCUT2D eigenvalue weighted by Gasteiger charge is -2.24. The molecule has 0 bridgehead atoms. The first-order valence-electron chi connectivity index (χ1n) is 11.2. The van der Waals surface area contributed by atoms with Crippen LogP contribution in [0.1, 0.15) is 40.4 Å². The van der Waals surface area contributed by atoms with E-state index in [4.69, 9.17) is 4.74 Å². The molecule has 1 N–H and O–H groups in total. The minimum atomic E-state index is -0.0932. The number of methoxy groups -OCH3 is 1. The van der Waals surface area contributed by atoms with Gasteiger partial charge >= 0.3 is 0 Å². The van der Waals surface area contributed by atoms with Crippen LogP contribution in [0.2, 0.25) is 0 Å². The molecule has 1 aliphatic heterocycles. The van der Waals surface area contributed by atoms with Crippen molar-refractivity contribution in [3.63, 3.8) is 0 Å². The third kappa shape index (κ3) is 5.34. The maximum absolute atomic E-state index is 12.4. The lowest BCUT2D eigenvalue weighted by atomic mass is 10.0. The molecule has 0 spiro atoms. The van der Waals surface area contributed by atoms with E-state index in [2.05, 4.69) is 62.2 Å². The fraction of sp³-hybridized carbons (Fsp3) is 0.400. The molecule has 0 aliphatic carbocycles. The second-order valence-electron chi connectivity index (χ2n) is 8.28. The number of carbonyl (C=O) groups is 1. The average molecular weight is 434 g/mol. The highest BCUT2D eigenvalue weighted by Gasteiger charge is 2.20. The van der Waals surface area contributed by atoms with Gasteiger partial charge in [-0.2, -0.15) is 0 Å². The average Bonchev–Trinajstić information content (AvgIpc) is 3.11. The molecule has 0 saturated carbocycles. The van der Waals surface area contributed by atoms with Crippen molar-refractivity contribution in [2.75, 3.05) is 33.3 Å². The zero-order chi connectivity index (χ0) is 22.3. The Morgan fingerprint density at radius 1 is 1.06 bits per heavy atom. The first-order chi connectivity index (χ1) is 15.6. The van der Waals surface area contributed by atoms with Crippen molar-refractivity contribution in [2.45, 2.75) is 32.2 Å². The topological polar surface area (TPSA) is 72.3 Å². The Labute approximate surface area is 189 Å². The molecule has 1 aliphatic rings. The summed E-state index contributed by atoms with van der Waals surface area (Å²) in [7, 11) is 1.61. The maximum atomic E-state index is 12.4. The van der Waals surface area contributed by atoms with Gasteiger partial charge in [-0.3, -0.25) is 4.79 Å². The highest BCUT2D eigenvalue weighted by molar-refractivity contribution is 5.94. The number of hydrogen-bond acceptors (Lipinski definition) is 5. The van der Waals surface area contributed by atoms with E-state index in [1.807, 2.05) is 0 Å². The van der Waals surface area contributed by atoms with Gasteiger partial charge in [0.1, 0.15) is 17.4 Å². The van der Waals surface area contributed by atoms with Crippen molar-refractivity contribution in [3.05, 3.63) is 77.4 Å². The number of rotatable bonds is 8. The van der Waals surface area contributed by atoms with Crippen molar-refractivity contribution >= 4 is 5.91 Å².